The first-order valence-corrected chi connectivity index (χ1v) is 15.6. The van der Waals surface area contributed by atoms with Crippen molar-refractivity contribution in [2.75, 3.05) is 0 Å². The Morgan fingerprint density at radius 2 is 0.760 bits per heavy atom. The Balaban J connectivity index is 1.58. The molecule has 0 aromatic heterocycles. The predicted octanol–water partition coefficient (Wildman–Crippen LogP) is 3.27. The van der Waals surface area contributed by atoms with Crippen LogP contribution in [-0.2, 0) is 0 Å². The van der Waals surface area contributed by atoms with E-state index in [1.165, 1.54) is 25.7 Å². The van der Waals surface area contributed by atoms with Crippen LogP contribution in [-0.4, -0.2) is 66.4 Å². The molecule has 0 unspecified atom stereocenters. The van der Waals surface area contributed by atoms with Crippen LogP contribution in [0.4, 0.5) is 0 Å². The normalized spacial score (nSPS) is 53.8. The Bertz CT molecular complexity index is 570. The monoisotopic (exact) mass is 452 g/mol. The van der Waals surface area contributed by atoms with E-state index < -0.39 is 19.5 Å². The average Bonchev–Trinajstić information content (AvgIpc) is 2.77. The molecule has 6 aliphatic rings. The van der Waals surface area contributed by atoms with Gasteiger partial charge in [0, 0.05) is 0 Å². The molecule has 140 valence electrons. The summed E-state index contributed by atoms with van der Waals surface area (Å²) in [6.45, 7) is 20.5. The zero-order valence-electron chi connectivity index (χ0n) is 17.4. The molecule has 6 rings (SSSR count). The van der Waals surface area contributed by atoms with Gasteiger partial charge in [0.15, 0.2) is 0 Å². The molecule has 5 heteroatoms. The van der Waals surface area contributed by atoms with Crippen molar-refractivity contribution in [1.82, 2.24) is 12.5 Å². The Labute approximate surface area is 159 Å². The fourth-order valence-corrected chi connectivity index (χ4v) is 30.0. The zero-order chi connectivity index (χ0) is 17.9. The molecule has 0 N–H and O–H groups in total. The molecule has 6 fully saturated rings. The van der Waals surface area contributed by atoms with Crippen LogP contribution in [0.2, 0.25) is 0 Å². The van der Waals surface area contributed by atoms with E-state index in [1.54, 1.807) is 0 Å². The summed E-state index contributed by atoms with van der Waals surface area (Å²) in [6.07, 6.45) is 7.15. The summed E-state index contributed by atoms with van der Waals surface area (Å²) in [4.78, 5) is 0. The molecular formula is C20H36N4Sn. The van der Waals surface area contributed by atoms with Crippen LogP contribution >= 0.6 is 0 Å². The van der Waals surface area contributed by atoms with E-state index in [2.05, 4.69) is 67.9 Å². The summed E-state index contributed by atoms with van der Waals surface area (Å²) >= 11 is -2.94. The molecule has 0 amide bonds. The topological polar surface area (TPSA) is 13.0 Å². The minimum atomic E-state index is -2.94. The Kier molecular flexibility index (Phi) is 2.66. The van der Waals surface area contributed by atoms with Crippen LogP contribution in [0.3, 0.4) is 0 Å². The van der Waals surface area contributed by atoms with Gasteiger partial charge in [0.25, 0.3) is 0 Å². The Morgan fingerprint density at radius 3 is 1.00 bits per heavy atom. The van der Waals surface area contributed by atoms with Gasteiger partial charge in [-0.1, -0.05) is 0 Å². The number of rotatable bonds is 0. The summed E-state index contributed by atoms with van der Waals surface area (Å²) in [6, 6.07) is 0. The molecular weight excluding hydrogens is 415 g/mol. The molecule has 0 saturated carbocycles. The first-order chi connectivity index (χ1) is 11.4. The van der Waals surface area contributed by atoms with E-state index in [1.807, 2.05) is 0 Å². The number of fused-ring (bicyclic) bond motifs is 4. The van der Waals surface area contributed by atoms with E-state index in [9.17, 15) is 0 Å². The third-order valence-corrected chi connectivity index (χ3v) is 26.2. The van der Waals surface area contributed by atoms with E-state index in [4.69, 9.17) is 0 Å². The molecule has 0 atom stereocenters. The second kappa shape index (κ2) is 4.00. The van der Waals surface area contributed by atoms with Crippen molar-refractivity contribution in [1.29, 1.82) is 0 Å². The summed E-state index contributed by atoms with van der Waals surface area (Å²) < 4.78 is 12.6. The standard InChI is InChI=1S/2C10H18N2.Sn/c2*1-9(2)5-7-6-10(3,4)12-8(7)11-9;/h2*7-8H,5-6H2,1-4H3;/q2*-2;+4. The molecule has 25 heavy (non-hydrogen) atoms. The SMILES string of the molecule is CC1(C)CC2CC(C)(C)[N]3C2[N]1[Sn]31[N]2C3C(CC2(C)C)CC(C)(C)[N]31. The average molecular weight is 451 g/mol. The van der Waals surface area contributed by atoms with Gasteiger partial charge in [-0.2, -0.15) is 0 Å². The Morgan fingerprint density at radius 1 is 0.520 bits per heavy atom. The summed E-state index contributed by atoms with van der Waals surface area (Å²) in [5.41, 5.74) is 1.60. The van der Waals surface area contributed by atoms with E-state index >= 15 is 0 Å². The van der Waals surface area contributed by atoms with Gasteiger partial charge in [-0.05, 0) is 0 Å². The molecule has 6 aliphatic heterocycles. The third-order valence-electron chi connectivity index (χ3n) is 8.85. The second-order valence-electron chi connectivity index (χ2n) is 12.5. The van der Waals surface area contributed by atoms with Crippen LogP contribution in [0.1, 0.15) is 81.1 Å². The molecule has 0 radical (unpaired) electrons. The molecule has 6 heterocycles. The number of hydrogen-bond acceptors (Lipinski definition) is 4. The summed E-state index contributed by atoms with van der Waals surface area (Å²) in [5, 5.41) is 0. The second-order valence-corrected chi connectivity index (χ2v) is 21.4. The number of hydrogen-bond donors (Lipinski definition) is 0. The third kappa shape index (κ3) is 1.47. The van der Waals surface area contributed by atoms with Gasteiger partial charge in [-0.15, -0.1) is 0 Å². The van der Waals surface area contributed by atoms with E-state index in [0.717, 1.165) is 24.2 Å². The van der Waals surface area contributed by atoms with Crippen molar-refractivity contribution in [3.63, 3.8) is 0 Å². The van der Waals surface area contributed by atoms with Crippen molar-refractivity contribution in [3.8, 4) is 0 Å². The van der Waals surface area contributed by atoms with Crippen LogP contribution in [0, 0.1) is 11.8 Å². The maximum absolute atomic E-state index is 3.16. The predicted molar refractivity (Wildman–Crippen MR) is 102 cm³/mol. The van der Waals surface area contributed by atoms with Gasteiger partial charge in [-0.25, -0.2) is 0 Å². The molecule has 4 nitrogen and oxygen atoms in total. The summed E-state index contributed by atoms with van der Waals surface area (Å²) in [5.74, 6) is 1.80. The number of nitrogens with zero attached hydrogens (tertiary/aromatic N) is 4. The van der Waals surface area contributed by atoms with Gasteiger partial charge in [-0.3, -0.25) is 0 Å². The zero-order valence-corrected chi connectivity index (χ0v) is 20.3. The van der Waals surface area contributed by atoms with Gasteiger partial charge in [0.05, 0.1) is 0 Å². The van der Waals surface area contributed by atoms with E-state index in [-0.39, 0.29) is 0 Å². The maximum atomic E-state index is 3.16. The summed E-state index contributed by atoms with van der Waals surface area (Å²) in [7, 11) is 0. The van der Waals surface area contributed by atoms with Gasteiger partial charge in [0.2, 0.25) is 0 Å². The quantitative estimate of drug-likeness (QED) is 0.525. The van der Waals surface area contributed by atoms with Crippen molar-refractivity contribution < 1.29 is 0 Å². The molecule has 0 bridgehead atoms. The molecule has 0 aromatic carbocycles. The van der Waals surface area contributed by atoms with Gasteiger partial charge in [0.1, 0.15) is 0 Å². The molecule has 1 spiro atoms. The van der Waals surface area contributed by atoms with Gasteiger partial charge >= 0.3 is 159 Å². The minimum absolute atomic E-state index is 0.399. The van der Waals surface area contributed by atoms with Crippen LogP contribution in [0.5, 0.6) is 0 Å². The first kappa shape index (κ1) is 16.6. The first-order valence-electron chi connectivity index (χ1n) is 10.5. The van der Waals surface area contributed by atoms with Crippen molar-refractivity contribution in [2.45, 2.75) is 116 Å². The van der Waals surface area contributed by atoms with Gasteiger partial charge < -0.3 is 0 Å². The fourth-order valence-electron chi connectivity index (χ4n) is 8.95. The van der Waals surface area contributed by atoms with Crippen LogP contribution < -0.4 is 0 Å². The molecule has 0 aliphatic carbocycles. The van der Waals surface area contributed by atoms with E-state index in [0.29, 0.717) is 22.2 Å². The Hall–Kier alpha value is 0.639. The van der Waals surface area contributed by atoms with Crippen molar-refractivity contribution in [2.24, 2.45) is 11.8 Å². The van der Waals surface area contributed by atoms with Crippen molar-refractivity contribution in [3.05, 3.63) is 0 Å². The molecule has 6 saturated heterocycles. The van der Waals surface area contributed by atoms with Crippen LogP contribution in [0.15, 0.2) is 0 Å². The fraction of sp³-hybridized carbons (Fsp3) is 1.00. The van der Waals surface area contributed by atoms with Crippen molar-refractivity contribution >= 4 is 19.5 Å². The molecule has 0 aromatic rings. The van der Waals surface area contributed by atoms with Crippen LogP contribution in [0.25, 0.3) is 0 Å².